The summed E-state index contributed by atoms with van der Waals surface area (Å²) in [4.78, 5) is 12.4. The van der Waals surface area contributed by atoms with E-state index in [2.05, 4.69) is 29.0 Å². The predicted octanol–water partition coefficient (Wildman–Crippen LogP) is 6.35. The highest BCUT2D eigenvalue weighted by atomic mass is 35.5. The molecule has 168 valence electrons. The first-order valence-electron chi connectivity index (χ1n) is 10.2. The third-order valence-electron chi connectivity index (χ3n) is 4.44. The number of nitrogens with one attached hydrogen (secondary N) is 1. The third-order valence-corrected chi connectivity index (χ3v) is 5.97. The number of hydrogen-bond acceptors (Lipinski definition) is 5. The number of allylic oxidation sites excluding steroid dienone is 1. The summed E-state index contributed by atoms with van der Waals surface area (Å²) < 4.78 is 7.65. The number of carbonyl (C=O) groups is 1. The van der Waals surface area contributed by atoms with Crippen molar-refractivity contribution in [1.82, 2.24) is 14.8 Å². The van der Waals surface area contributed by atoms with Crippen LogP contribution in [-0.2, 0) is 11.3 Å². The highest BCUT2D eigenvalue weighted by molar-refractivity contribution is 7.99. The Bertz CT molecular complexity index is 1070. The van der Waals surface area contributed by atoms with Gasteiger partial charge in [0.1, 0.15) is 5.75 Å². The Kier molecular flexibility index (Phi) is 9.02. The van der Waals surface area contributed by atoms with E-state index in [-0.39, 0.29) is 11.7 Å². The molecule has 0 unspecified atom stereocenters. The number of thioether (sulfide) groups is 1. The fraction of sp³-hybridized carbons (Fsp3) is 0.261. The van der Waals surface area contributed by atoms with Crippen molar-refractivity contribution < 1.29 is 9.53 Å². The molecule has 0 aliphatic carbocycles. The Balaban J connectivity index is 1.68. The number of ether oxygens (including phenoxy) is 1. The van der Waals surface area contributed by atoms with E-state index in [0.717, 1.165) is 24.2 Å². The van der Waals surface area contributed by atoms with Crippen LogP contribution >= 0.6 is 35.0 Å². The molecule has 6 nitrogen and oxygen atoms in total. The number of hydrogen-bond donors (Lipinski definition) is 1. The van der Waals surface area contributed by atoms with Gasteiger partial charge in [0, 0.05) is 17.1 Å². The Morgan fingerprint density at radius 3 is 2.72 bits per heavy atom. The zero-order chi connectivity index (χ0) is 22.9. The van der Waals surface area contributed by atoms with Gasteiger partial charge in [-0.3, -0.25) is 9.36 Å². The molecule has 1 N–H and O–H groups in total. The maximum absolute atomic E-state index is 12.4. The van der Waals surface area contributed by atoms with Crippen LogP contribution in [0.3, 0.4) is 0 Å². The second kappa shape index (κ2) is 11.9. The van der Waals surface area contributed by atoms with Crippen LogP contribution in [0.25, 0.3) is 11.4 Å². The van der Waals surface area contributed by atoms with Crippen LogP contribution in [0, 0.1) is 0 Å². The van der Waals surface area contributed by atoms with Gasteiger partial charge in [0.05, 0.1) is 23.1 Å². The van der Waals surface area contributed by atoms with Crippen molar-refractivity contribution in [3.63, 3.8) is 0 Å². The van der Waals surface area contributed by atoms with Gasteiger partial charge in [-0.25, -0.2) is 0 Å². The SMILES string of the molecule is C=CCn1c(SCC(=O)Nc2cc(Cl)ccc2Cl)nnc1-c1ccc(OCCCC)cc1. The van der Waals surface area contributed by atoms with Crippen molar-refractivity contribution in [2.45, 2.75) is 31.5 Å². The number of nitrogens with zero attached hydrogens (tertiary/aromatic N) is 3. The Morgan fingerprint density at radius 2 is 2.00 bits per heavy atom. The Morgan fingerprint density at radius 1 is 1.22 bits per heavy atom. The molecule has 3 rings (SSSR count). The summed E-state index contributed by atoms with van der Waals surface area (Å²) in [5.74, 6) is 1.44. The lowest BCUT2D eigenvalue weighted by Crippen LogP contribution is -2.15. The largest absolute Gasteiger partial charge is 0.494 e. The van der Waals surface area contributed by atoms with E-state index >= 15 is 0 Å². The minimum Gasteiger partial charge on any atom is -0.494 e. The van der Waals surface area contributed by atoms with E-state index in [4.69, 9.17) is 27.9 Å². The molecule has 0 aliphatic rings. The summed E-state index contributed by atoms with van der Waals surface area (Å²) in [6, 6.07) is 12.7. The summed E-state index contributed by atoms with van der Waals surface area (Å²) in [7, 11) is 0. The van der Waals surface area contributed by atoms with E-state index in [1.807, 2.05) is 28.8 Å². The summed E-state index contributed by atoms with van der Waals surface area (Å²) in [6.45, 7) is 7.17. The molecule has 3 aromatic rings. The molecule has 0 radical (unpaired) electrons. The zero-order valence-electron chi connectivity index (χ0n) is 17.7. The molecular weight excluding hydrogens is 467 g/mol. The fourth-order valence-electron chi connectivity index (χ4n) is 2.85. The van der Waals surface area contributed by atoms with Crippen LogP contribution in [0.5, 0.6) is 5.75 Å². The third kappa shape index (κ3) is 6.51. The van der Waals surface area contributed by atoms with Crippen molar-refractivity contribution in [3.05, 3.63) is 65.2 Å². The smallest absolute Gasteiger partial charge is 0.234 e. The number of benzene rings is 2. The molecule has 1 heterocycles. The van der Waals surface area contributed by atoms with Crippen molar-refractivity contribution in [2.75, 3.05) is 17.7 Å². The van der Waals surface area contributed by atoms with Crippen molar-refractivity contribution >= 4 is 46.6 Å². The molecule has 2 aromatic carbocycles. The monoisotopic (exact) mass is 490 g/mol. The zero-order valence-corrected chi connectivity index (χ0v) is 20.0. The van der Waals surface area contributed by atoms with Gasteiger partial charge in [0.15, 0.2) is 11.0 Å². The van der Waals surface area contributed by atoms with E-state index < -0.39 is 0 Å². The number of halogens is 2. The normalized spacial score (nSPS) is 10.7. The summed E-state index contributed by atoms with van der Waals surface area (Å²) in [6.07, 6.45) is 3.88. The Hall–Kier alpha value is -2.48. The average molecular weight is 491 g/mol. The van der Waals surface area contributed by atoms with E-state index in [9.17, 15) is 4.79 Å². The number of aromatic nitrogens is 3. The van der Waals surface area contributed by atoms with Gasteiger partial charge < -0.3 is 10.1 Å². The van der Waals surface area contributed by atoms with Crippen LogP contribution in [0.15, 0.2) is 60.3 Å². The number of anilines is 1. The second-order valence-corrected chi connectivity index (χ2v) is 8.68. The lowest BCUT2D eigenvalue weighted by atomic mass is 10.2. The van der Waals surface area contributed by atoms with Crippen LogP contribution in [-0.4, -0.2) is 33.0 Å². The minimum atomic E-state index is -0.220. The van der Waals surface area contributed by atoms with Crippen molar-refractivity contribution in [3.8, 4) is 17.1 Å². The minimum absolute atomic E-state index is 0.141. The van der Waals surface area contributed by atoms with Gasteiger partial charge in [-0.05, 0) is 48.9 Å². The van der Waals surface area contributed by atoms with Crippen LogP contribution in [0.1, 0.15) is 19.8 Å². The van der Waals surface area contributed by atoms with Gasteiger partial charge >= 0.3 is 0 Å². The molecule has 9 heteroatoms. The maximum Gasteiger partial charge on any atom is 0.234 e. The fourth-order valence-corrected chi connectivity index (χ4v) is 3.93. The molecular formula is C23H24Cl2N4O2S. The predicted molar refractivity (Wildman–Crippen MR) is 132 cm³/mol. The highest BCUT2D eigenvalue weighted by Gasteiger charge is 2.16. The summed E-state index contributed by atoms with van der Waals surface area (Å²) in [5, 5.41) is 12.9. The number of carbonyl (C=O) groups excluding carboxylic acids is 1. The molecule has 1 aromatic heterocycles. The van der Waals surface area contributed by atoms with Gasteiger partial charge in [0.25, 0.3) is 0 Å². The van der Waals surface area contributed by atoms with Crippen molar-refractivity contribution in [2.24, 2.45) is 0 Å². The second-order valence-electron chi connectivity index (χ2n) is 6.89. The van der Waals surface area contributed by atoms with Crippen LogP contribution in [0.4, 0.5) is 5.69 Å². The molecule has 0 atom stereocenters. The molecule has 0 aliphatic heterocycles. The van der Waals surface area contributed by atoms with E-state index in [0.29, 0.717) is 39.9 Å². The van der Waals surface area contributed by atoms with Gasteiger partial charge in [-0.1, -0.05) is 54.4 Å². The summed E-state index contributed by atoms with van der Waals surface area (Å²) >= 11 is 13.4. The number of unbranched alkanes of at least 4 members (excludes halogenated alkanes) is 1. The Labute approximate surface area is 202 Å². The first-order valence-corrected chi connectivity index (χ1v) is 11.9. The van der Waals surface area contributed by atoms with Gasteiger partial charge in [-0.15, -0.1) is 16.8 Å². The molecule has 0 fully saturated rings. The quantitative estimate of drug-likeness (QED) is 0.192. The van der Waals surface area contributed by atoms with Gasteiger partial charge in [-0.2, -0.15) is 0 Å². The topological polar surface area (TPSA) is 69.0 Å². The van der Waals surface area contributed by atoms with Gasteiger partial charge in [0.2, 0.25) is 5.91 Å². The highest BCUT2D eigenvalue weighted by Crippen LogP contribution is 2.28. The standard InChI is InChI=1S/C23H24Cl2N4O2S/c1-3-5-13-31-18-9-6-16(7-10-18)22-27-28-23(29(22)12-4-2)32-15-21(30)26-20-14-17(24)8-11-19(20)25/h4,6-11,14H,2-3,5,12-13,15H2,1H3,(H,26,30). The maximum atomic E-state index is 12.4. The molecule has 0 bridgehead atoms. The number of rotatable bonds is 11. The van der Waals surface area contributed by atoms with E-state index in [1.165, 1.54) is 11.8 Å². The molecule has 0 spiro atoms. The first-order chi connectivity index (χ1) is 15.5. The average Bonchev–Trinajstić information content (AvgIpc) is 3.18. The van der Waals surface area contributed by atoms with E-state index in [1.54, 1.807) is 24.3 Å². The lowest BCUT2D eigenvalue weighted by molar-refractivity contribution is -0.113. The molecule has 0 saturated heterocycles. The molecule has 32 heavy (non-hydrogen) atoms. The molecule has 0 saturated carbocycles. The van der Waals surface area contributed by atoms with Crippen LogP contribution in [0.2, 0.25) is 10.0 Å². The van der Waals surface area contributed by atoms with Crippen LogP contribution < -0.4 is 10.1 Å². The number of amides is 1. The first kappa shape index (κ1) is 24.2. The summed E-state index contributed by atoms with van der Waals surface area (Å²) in [5.41, 5.74) is 1.38. The lowest BCUT2D eigenvalue weighted by Gasteiger charge is -2.10. The van der Waals surface area contributed by atoms with Crippen molar-refractivity contribution in [1.29, 1.82) is 0 Å². The molecule has 1 amide bonds.